The second kappa shape index (κ2) is 7.73. The van der Waals surface area contributed by atoms with Gasteiger partial charge in [-0.25, -0.2) is 8.42 Å². The molecule has 0 bridgehead atoms. The molecule has 0 unspecified atom stereocenters. The highest BCUT2D eigenvalue weighted by Crippen LogP contribution is 2.29. The summed E-state index contributed by atoms with van der Waals surface area (Å²) in [5.41, 5.74) is 0. The van der Waals surface area contributed by atoms with E-state index in [1.165, 1.54) is 15.6 Å². The zero-order chi connectivity index (χ0) is 18.0. The monoisotopic (exact) mass is 386 g/mol. The number of amides is 1. The molecular formula is C17H26N2O4S2. The van der Waals surface area contributed by atoms with Gasteiger partial charge >= 0.3 is 0 Å². The second-order valence-corrected chi connectivity index (χ2v) is 10.2. The van der Waals surface area contributed by atoms with Crippen LogP contribution in [0.1, 0.15) is 39.5 Å². The van der Waals surface area contributed by atoms with Crippen LogP contribution in [0, 0.1) is 5.92 Å². The van der Waals surface area contributed by atoms with E-state index >= 15 is 0 Å². The minimum Gasteiger partial charge on any atom is -0.378 e. The first-order valence-corrected chi connectivity index (χ1v) is 11.2. The Labute approximate surface area is 153 Å². The normalized spacial score (nSPS) is 28.4. The van der Waals surface area contributed by atoms with Gasteiger partial charge in [-0.15, -0.1) is 11.3 Å². The van der Waals surface area contributed by atoms with Gasteiger partial charge in [-0.05, 0) is 43.0 Å². The average Bonchev–Trinajstić information content (AvgIpc) is 3.27. The molecule has 1 amide bonds. The number of carbonyl (C=O) groups is 1. The molecule has 1 aromatic heterocycles. The molecule has 0 aliphatic carbocycles. The van der Waals surface area contributed by atoms with Crippen LogP contribution >= 0.6 is 11.3 Å². The number of carbonyl (C=O) groups excluding carboxylic acids is 1. The van der Waals surface area contributed by atoms with Crippen molar-refractivity contribution in [3.05, 3.63) is 17.5 Å². The average molecular weight is 387 g/mol. The van der Waals surface area contributed by atoms with Gasteiger partial charge in [-0.3, -0.25) is 4.79 Å². The van der Waals surface area contributed by atoms with E-state index in [1.54, 1.807) is 17.5 Å². The summed E-state index contributed by atoms with van der Waals surface area (Å²) in [7, 11) is -3.59. The number of rotatable bonds is 5. The molecule has 0 radical (unpaired) electrons. The van der Waals surface area contributed by atoms with Crippen molar-refractivity contribution in [1.82, 2.24) is 9.62 Å². The molecule has 1 N–H and O–H groups in total. The first-order chi connectivity index (χ1) is 11.9. The Bertz CT molecular complexity index is 688. The van der Waals surface area contributed by atoms with Gasteiger partial charge in [0.2, 0.25) is 5.91 Å². The van der Waals surface area contributed by atoms with Crippen molar-refractivity contribution in [3.8, 4) is 0 Å². The summed E-state index contributed by atoms with van der Waals surface area (Å²) in [4.78, 5) is 12.8. The maximum atomic E-state index is 12.8. The Kier molecular flexibility index (Phi) is 5.82. The SMILES string of the molecule is CC(C)[C@@H]1C[C@@H](NC(=O)[C@H]2CCCN2S(=O)(=O)c2cccs2)CCO1. The molecule has 2 aliphatic heterocycles. The molecule has 3 heterocycles. The fraction of sp³-hybridized carbons (Fsp3) is 0.706. The number of hydrogen-bond acceptors (Lipinski definition) is 5. The van der Waals surface area contributed by atoms with Crippen LogP contribution < -0.4 is 5.32 Å². The molecule has 3 rings (SSSR count). The summed E-state index contributed by atoms with van der Waals surface area (Å²) in [5, 5.41) is 4.81. The molecular weight excluding hydrogens is 360 g/mol. The van der Waals surface area contributed by atoms with Crippen molar-refractivity contribution in [2.45, 2.75) is 61.9 Å². The molecule has 8 heteroatoms. The third-order valence-electron chi connectivity index (χ3n) is 4.97. The number of sulfonamides is 1. The molecule has 140 valence electrons. The van der Waals surface area contributed by atoms with Gasteiger partial charge in [0.05, 0.1) is 6.10 Å². The predicted octanol–water partition coefficient (Wildman–Crippen LogP) is 2.22. The standard InChI is InChI=1S/C17H26N2O4S2/c1-12(2)15-11-13(7-9-23-15)18-17(20)14-5-3-8-19(14)25(21,22)16-6-4-10-24-16/h4,6,10,12-15H,3,5,7-9,11H2,1-2H3,(H,18,20)/t13-,14+,15-/m0/s1. The summed E-state index contributed by atoms with van der Waals surface area (Å²) in [5.74, 6) is 0.230. The van der Waals surface area contributed by atoms with Gasteiger partial charge in [0.25, 0.3) is 10.0 Å². The van der Waals surface area contributed by atoms with Crippen LogP contribution in [-0.2, 0) is 19.6 Å². The zero-order valence-corrected chi connectivity index (χ0v) is 16.3. The molecule has 3 atom stereocenters. The van der Waals surface area contributed by atoms with Crippen LogP contribution in [0.5, 0.6) is 0 Å². The van der Waals surface area contributed by atoms with E-state index in [-0.39, 0.29) is 18.1 Å². The van der Waals surface area contributed by atoms with Crippen LogP contribution in [-0.4, -0.2) is 50.0 Å². The molecule has 2 aliphatic rings. The maximum absolute atomic E-state index is 12.8. The van der Waals surface area contributed by atoms with E-state index in [4.69, 9.17) is 4.74 Å². The molecule has 2 fully saturated rings. The van der Waals surface area contributed by atoms with Crippen LogP contribution in [0.4, 0.5) is 0 Å². The lowest BCUT2D eigenvalue weighted by Gasteiger charge is -2.33. The van der Waals surface area contributed by atoms with Gasteiger partial charge in [0, 0.05) is 19.2 Å². The number of nitrogens with zero attached hydrogens (tertiary/aromatic N) is 1. The quantitative estimate of drug-likeness (QED) is 0.842. The number of nitrogens with one attached hydrogen (secondary N) is 1. The molecule has 0 spiro atoms. The fourth-order valence-electron chi connectivity index (χ4n) is 3.54. The topological polar surface area (TPSA) is 75.7 Å². The van der Waals surface area contributed by atoms with Crippen LogP contribution in [0.3, 0.4) is 0 Å². The highest BCUT2D eigenvalue weighted by molar-refractivity contribution is 7.91. The molecule has 2 saturated heterocycles. The first kappa shape index (κ1) is 18.8. The Morgan fingerprint density at radius 1 is 1.40 bits per heavy atom. The molecule has 25 heavy (non-hydrogen) atoms. The lowest BCUT2D eigenvalue weighted by molar-refractivity contribution is -0.126. The third kappa shape index (κ3) is 4.07. The number of hydrogen-bond donors (Lipinski definition) is 1. The summed E-state index contributed by atoms with van der Waals surface area (Å²) in [6.07, 6.45) is 3.00. The Morgan fingerprint density at radius 2 is 2.20 bits per heavy atom. The maximum Gasteiger partial charge on any atom is 0.253 e. The highest BCUT2D eigenvalue weighted by atomic mass is 32.2. The summed E-state index contributed by atoms with van der Waals surface area (Å²) in [6, 6.07) is 2.77. The molecule has 6 nitrogen and oxygen atoms in total. The van der Waals surface area contributed by atoms with Crippen molar-refractivity contribution >= 4 is 27.3 Å². The highest BCUT2D eigenvalue weighted by Gasteiger charge is 2.40. The summed E-state index contributed by atoms with van der Waals surface area (Å²) in [6.45, 7) is 5.26. The molecule has 0 aromatic carbocycles. The van der Waals surface area contributed by atoms with Crippen LogP contribution in [0.25, 0.3) is 0 Å². The van der Waals surface area contributed by atoms with Gasteiger partial charge in [-0.2, -0.15) is 4.31 Å². The largest absolute Gasteiger partial charge is 0.378 e. The van der Waals surface area contributed by atoms with Crippen molar-refractivity contribution in [2.75, 3.05) is 13.2 Å². The summed E-state index contributed by atoms with van der Waals surface area (Å²) >= 11 is 1.19. The smallest absolute Gasteiger partial charge is 0.253 e. The van der Waals surface area contributed by atoms with Crippen LogP contribution in [0.2, 0.25) is 0 Å². The van der Waals surface area contributed by atoms with E-state index in [9.17, 15) is 13.2 Å². The fourth-order valence-corrected chi connectivity index (χ4v) is 6.31. The minimum atomic E-state index is -3.59. The van der Waals surface area contributed by atoms with Gasteiger partial charge in [0.1, 0.15) is 10.3 Å². The second-order valence-electron chi connectivity index (χ2n) is 7.09. The van der Waals surface area contributed by atoms with E-state index in [2.05, 4.69) is 19.2 Å². The lowest BCUT2D eigenvalue weighted by Crippen LogP contribution is -2.51. The Hall–Kier alpha value is -0.960. The van der Waals surface area contributed by atoms with Gasteiger partial charge in [-0.1, -0.05) is 19.9 Å². The van der Waals surface area contributed by atoms with Gasteiger partial charge in [0.15, 0.2) is 0 Å². The number of ether oxygens (including phenoxy) is 1. The van der Waals surface area contributed by atoms with Crippen LogP contribution in [0.15, 0.2) is 21.7 Å². The van der Waals surface area contributed by atoms with Crippen molar-refractivity contribution in [3.63, 3.8) is 0 Å². The molecule has 0 saturated carbocycles. The predicted molar refractivity (Wildman–Crippen MR) is 97.0 cm³/mol. The number of thiophene rings is 1. The first-order valence-electron chi connectivity index (χ1n) is 8.87. The van der Waals surface area contributed by atoms with Crippen molar-refractivity contribution in [2.24, 2.45) is 5.92 Å². The summed E-state index contributed by atoms with van der Waals surface area (Å²) < 4.78 is 33.0. The van der Waals surface area contributed by atoms with Crippen molar-refractivity contribution in [1.29, 1.82) is 0 Å². The van der Waals surface area contributed by atoms with E-state index in [0.717, 1.165) is 12.8 Å². The van der Waals surface area contributed by atoms with Crippen molar-refractivity contribution < 1.29 is 17.9 Å². The Morgan fingerprint density at radius 3 is 2.88 bits per heavy atom. The van der Waals surface area contributed by atoms with E-state index in [0.29, 0.717) is 36.1 Å². The molecule has 1 aromatic rings. The van der Waals surface area contributed by atoms with E-state index in [1.807, 2.05) is 0 Å². The zero-order valence-electron chi connectivity index (χ0n) is 14.7. The Balaban J connectivity index is 1.67. The minimum absolute atomic E-state index is 0.0561. The lowest BCUT2D eigenvalue weighted by atomic mass is 9.95. The van der Waals surface area contributed by atoms with E-state index < -0.39 is 16.1 Å². The van der Waals surface area contributed by atoms with Gasteiger partial charge < -0.3 is 10.1 Å². The third-order valence-corrected chi connectivity index (χ3v) is 8.25.